The molecule has 8 heteroatoms. The van der Waals surface area contributed by atoms with Gasteiger partial charge in [0.05, 0.1) is 44.3 Å². The van der Waals surface area contributed by atoms with Crippen LogP contribution in [0.15, 0.2) is 52.4 Å². The Morgan fingerprint density at radius 2 is 1.70 bits per heavy atom. The number of methoxy groups -OCH3 is 3. The summed E-state index contributed by atoms with van der Waals surface area (Å²) < 4.78 is 31.3. The Kier molecular flexibility index (Phi) is 6.09. The van der Waals surface area contributed by atoms with E-state index in [0.717, 1.165) is 16.8 Å². The number of hydrogen-bond acceptors (Lipinski definition) is 6. The monoisotopic (exact) mass is 451 g/mol. The normalized spacial score (nSPS) is 15.4. The third-order valence-electron chi connectivity index (χ3n) is 5.74. The largest absolute Gasteiger partial charge is 0.493 e. The first-order chi connectivity index (χ1) is 15.9. The number of para-hydroxylation sites is 1. The molecule has 0 unspecified atom stereocenters. The van der Waals surface area contributed by atoms with Crippen LogP contribution in [0.2, 0.25) is 0 Å². The molecule has 1 atom stereocenters. The van der Waals surface area contributed by atoms with Crippen molar-refractivity contribution in [3.8, 4) is 17.2 Å². The molecule has 0 spiro atoms. The van der Waals surface area contributed by atoms with Crippen molar-refractivity contribution in [2.75, 3.05) is 26.3 Å². The van der Waals surface area contributed by atoms with Gasteiger partial charge in [0.1, 0.15) is 5.82 Å². The van der Waals surface area contributed by atoms with E-state index in [1.807, 2.05) is 32.0 Å². The third kappa shape index (κ3) is 4.04. The average Bonchev–Trinajstić information content (AvgIpc) is 3.22. The van der Waals surface area contributed by atoms with Crippen LogP contribution in [0, 0.1) is 19.7 Å². The van der Waals surface area contributed by atoms with Gasteiger partial charge in [-0.15, -0.1) is 0 Å². The van der Waals surface area contributed by atoms with E-state index in [1.54, 1.807) is 37.4 Å². The molecule has 1 aliphatic heterocycles. The summed E-state index contributed by atoms with van der Waals surface area (Å²) in [6.07, 6.45) is 0.389. The molecule has 0 radical (unpaired) electrons. The number of nitrogens with one attached hydrogen (secondary N) is 1. The number of aryl methyl sites for hydroxylation is 2. The van der Waals surface area contributed by atoms with Crippen LogP contribution in [0.3, 0.4) is 0 Å². The van der Waals surface area contributed by atoms with Crippen molar-refractivity contribution in [1.82, 2.24) is 4.98 Å². The Balaban J connectivity index is 1.89. The number of hydrazone groups is 1. The number of aromatic nitrogens is 1. The van der Waals surface area contributed by atoms with Gasteiger partial charge in [0.15, 0.2) is 11.5 Å². The molecule has 0 aliphatic carbocycles. The Morgan fingerprint density at radius 1 is 1.03 bits per heavy atom. The molecule has 2 aromatic carbocycles. The molecule has 4 rings (SSSR count). The predicted octanol–water partition coefficient (Wildman–Crippen LogP) is 4.51. The van der Waals surface area contributed by atoms with E-state index in [9.17, 15) is 9.18 Å². The number of nitrogens with zero attached hydrogens (tertiary/aromatic N) is 2. The maximum absolute atomic E-state index is 14.8. The summed E-state index contributed by atoms with van der Waals surface area (Å²) in [4.78, 5) is 15.6. The summed E-state index contributed by atoms with van der Waals surface area (Å²) >= 11 is 0. The maximum Gasteiger partial charge on any atom is 0.257 e. The van der Waals surface area contributed by atoms with Crippen LogP contribution in [0.1, 0.15) is 34.8 Å². The lowest BCUT2D eigenvalue weighted by Crippen LogP contribution is -2.21. The summed E-state index contributed by atoms with van der Waals surface area (Å²) in [5, 5.41) is 6.34. The van der Waals surface area contributed by atoms with Crippen molar-refractivity contribution in [2.24, 2.45) is 5.10 Å². The van der Waals surface area contributed by atoms with Crippen molar-refractivity contribution >= 4 is 11.4 Å². The van der Waals surface area contributed by atoms with E-state index < -0.39 is 11.9 Å². The average molecular weight is 451 g/mol. The van der Waals surface area contributed by atoms with Gasteiger partial charge in [0.25, 0.3) is 5.56 Å². The standard InChI is InChI=1S/C25H26FN3O4/c1-14-10-15(2)27-25(30)23(14)18-13-20(29(28-18)19-9-7-6-8-17(19)26)16-11-21(31-3)24(33-5)22(12-16)32-4/h6-12,20H,13H2,1-5H3,(H,27,30)/t20-/m0/s1. The van der Waals surface area contributed by atoms with Crippen LogP contribution in [-0.2, 0) is 0 Å². The molecule has 172 valence electrons. The second-order valence-electron chi connectivity index (χ2n) is 7.86. The second kappa shape index (κ2) is 8.97. The van der Waals surface area contributed by atoms with E-state index >= 15 is 0 Å². The molecule has 7 nitrogen and oxygen atoms in total. The van der Waals surface area contributed by atoms with Gasteiger partial charge in [0.2, 0.25) is 5.75 Å². The van der Waals surface area contributed by atoms with Crippen molar-refractivity contribution in [1.29, 1.82) is 0 Å². The number of benzene rings is 2. The minimum atomic E-state index is -0.408. The topological polar surface area (TPSA) is 76.2 Å². The molecule has 1 N–H and O–H groups in total. The second-order valence-corrected chi connectivity index (χ2v) is 7.86. The molecule has 3 aromatic rings. The van der Waals surface area contributed by atoms with Crippen molar-refractivity contribution in [3.63, 3.8) is 0 Å². The number of pyridine rings is 1. The lowest BCUT2D eigenvalue weighted by atomic mass is 9.96. The minimum absolute atomic E-state index is 0.217. The highest BCUT2D eigenvalue weighted by Gasteiger charge is 2.34. The summed E-state index contributed by atoms with van der Waals surface area (Å²) in [5.41, 5.74) is 3.54. The molecule has 2 heterocycles. The van der Waals surface area contributed by atoms with Gasteiger partial charge in [0, 0.05) is 12.1 Å². The predicted molar refractivity (Wildman–Crippen MR) is 125 cm³/mol. The highest BCUT2D eigenvalue weighted by Crippen LogP contribution is 2.44. The van der Waals surface area contributed by atoms with Crippen molar-refractivity contribution in [3.05, 3.63) is 81.0 Å². The van der Waals surface area contributed by atoms with Gasteiger partial charge < -0.3 is 19.2 Å². The Labute approximate surface area is 191 Å². The van der Waals surface area contributed by atoms with Crippen molar-refractivity contribution < 1.29 is 18.6 Å². The lowest BCUT2D eigenvalue weighted by molar-refractivity contribution is 0.323. The molecule has 1 aliphatic rings. The van der Waals surface area contributed by atoms with Crippen LogP contribution in [-0.4, -0.2) is 32.0 Å². The summed E-state index contributed by atoms with van der Waals surface area (Å²) in [7, 11) is 4.62. The van der Waals surface area contributed by atoms with Gasteiger partial charge in [-0.2, -0.15) is 5.10 Å². The Hall–Kier alpha value is -3.81. The molecular weight excluding hydrogens is 425 g/mol. The quantitative estimate of drug-likeness (QED) is 0.597. The van der Waals surface area contributed by atoms with Gasteiger partial charge >= 0.3 is 0 Å². The number of ether oxygens (including phenoxy) is 3. The number of rotatable bonds is 6. The minimum Gasteiger partial charge on any atom is -0.493 e. The van der Waals surface area contributed by atoms with E-state index in [1.165, 1.54) is 13.2 Å². The smallest absolute Gasteiger partial charge is 0.257 e. The fraction of sp³-hybridized carbons (Fsp3) is 0.280. The first kappa shape index (κ1) is 22.4. The van der Waals surface area contributed by atoms with Crippen LogP contribution in [0.4, 0.5) is 10.1 Å². The van der Waals surface area contributed by atoms with Crippen molar-refractivity contribution in [2.45, 2.75) is 26.3 Å². The molecule has 1 aromatic heterocycles. The summed E-state index contributed by atoms with van der Waals surface area (Å²) in [6, 6.07) is 11.6. The fourth-order valence-electron chi connectivity index (χ4n) is 4.29. The van der Waals surface area contributed by atoms with E-state index in [2.05, 4.69) is 4.98 Å². The van der Waals surface area contributed by atoms with E-state index in [4.69, 9.17) is 19.3 Å². The molecular formula is C25H26FN3O4. The number of halogens is 1. The maximum atomic E-state index is 14.8. The van der Waals surface area contributed by atoms with Gasteiger partial charge in [-0.1, -0.05) is 12.1 Å². The molecule has 0 bridgehead atoms. The van der Waals surface area contributed by atoms with Crippen LogP contribution >= 0.6 is 0 Å². The summed E-state index contributed by atoms with van der Waals surface area (Å²) in [5.74, 6) is 1.02. The van der Waals surface area contributed by atoms with Crippen LogP contribution < -0.4 is 24.8 Å². The highest BCUT2D eigenvalue weighted by molar-refractivity contribution is 6.04. The van der Waals surface area contributed by atoms with Gasteiger partial charge in [-0.25, -0.2) is 4.39 Å². The number of anilines is 1. The first-order valence-electron chi connectivity index (χ1n) is 10.5. The number of H-pyrrole nitrogens is 1. The zero-order valence-electron chi connectivity index (χ0n) is 19.2. The zero-order valence-corrected chi connectivity index (χ0v) is 19.2. The van der Waals surface area contributed by atoms with Crippen LogP contribution in [0.5, 0.6) is 17.2 Å². The first-order valence-corrected chi connectivity index (χ1v) is 10.5. The number of hydrogen-bond donors (Lipinski definition) is 1. The fourth-order valence-corrected chi connectivity index (χ4v) is 4.29. The Bertz CT molecular complexity index is 1260. The van der Waals surface area contributed by atoms with Gasteiger partial charge in [-0.05, 0) is 55.3 Å². The molecule has 33 heavy (non-hydrogen) atoms. The SMILES string of the molecule is COc1cc([C@@H]2CC(c3c(C)cc(C)[nH]c3=O)=NN2c2ccccc2F)cc(OC)c1OC. The van der Waals surface area contributed by atoms with E-state index in [0.29, 0.717) is 40.6 Å². The molecule has 0 saturated carbocycles. The Morgan fingerprint density at radius 3 is 2.27 bits per heavy atom. The highest BCUT2D eigenvalue weighted by atomic mass is 19.1. The molecule has 0 fully saturated rings. The zero-order chi connectivity index (χ0) is 23.7. The molecule has 0 saturated heterocycles. The lowest BCUT2D eigenvalue weighted by Gasteiger charge is -2.25. The summed E-state index contributed by atoms with van der Waals surface area (Å²) in [6.45, 7) is 3.71. The van der Waals surface area contributed by atoms with E-state index in [-0.39, 0.29) is 5.56 Å². The number of aromatic amines is 1. The molecule has 0 amide bonds. The van der Waals surface area contributed by atoms with Crippen LogP contribution in [0.25, 0.3) is 0 Å². The third-order valence-corrected chi connectivity index (χ3v) is 5.74. The van der Waals surface area contributed by atoms with Gasteiger partial charge in [-0.3, -0.25) is 9.80 Å².